The van der Waals surface area contributed by atoms with Gasteiger partial charge < -0.3 is 15.0 Å². The van der Waals surface area contributed by atoms with Gasteiger partial charge in [0.1, 0.15) is 0 Å². The molecule has 1 aromatic heterocycles. The van der Waals surface area contributed by atoms with Crippen LogP contribution >= 0.6 is 12.2 Å². The van der Waals surface area contributed by atoms with E-state index < -0.39 is 23.8 Å². The maximum atomic E-state index is 13.2. The zero-order valence-corrected chi connectivity index (χ0v) is 18.8. The van der Waals surface area contributed by atoms with E-state index in [4.69, 9.17) is 17.0 Å². The van der Waals surface area contributed by atoms with Crippen molar-refractivity contribution in [3.63, 3.8) is 0 Å². The molecule has 2 aliphatic heterocycles. The minimum atomic E-state index is -4.51. The SMILES string of the molecule is COC(=O)C1=C(C)N(c2cccc(C(F)(F)F)c2)C(=S)N[C@@H]1c1cnc(N2CCCC2)nc1. The van der Waals surface area contributed by atoms with E-state index in [1.165, 1.54) is 24.1 Å². The molecular weight excluding hydrogens is 455 g/mol. The number of thiocarbonyl (C=S) groups is 1. The zero-order valence-electron chi connectivity index (χ0n) is 18.0. The van der Waals surface area contributed by atoms with Crippen LogP contribution in [0.4, 0.5) is 24.8 Å². The van der Waals surface area contributed by atoms with E-state index in [0.717, 1.165) is 38.1 Å². The Morgan fingerprint density at radius 1 is 1.21 bits per heavy atom. The van der Waals surface area contributed by atoms with Crippen LogP contribution in [0.3, 0.4) is 0 Å². The third-order valence-corrected chi connectivity index (χ3v) is 6.00. The van der Waals surface area contributed by atoms with Gasteiger partial charge in [-0.15, -0.1) is 0 Å². The smallest absolute Gasteiger partial charge is 0.416 e. The number of esters is 1. The first-order valence-electron chi connectivity index (χ1n) is 10.3. The Labute approximate surface area is 194 Å². The maximum absolute atomic E-state index is 13.2. The number of nitrogens with one attached hydrogen (secondary N) is 1. The van der Waals surface area contributed by atoms with Crippen LogP contribution in [0.25, 0.3) is 0 Å². The van der Waals surface area contributed by atoms with Gasteiger partial charge in [-0.3, -0.25) is 4.90 Å². The van der Waals surface area contributed by atoms with Crippen molar-refractivity contribution in [2.24, 2.45) is 0 Å². The van der Waals surface area contributed by atoms with Crippen molar-refractivity contribution >= 4 is 34.9 Å². The van der Waals surface area contributed by atoms with Gasteiger partial charge in [-0.2, -0.15) is 13.2 Å². The van der Waals surface area contributed by atoms with Crippen molar-refractivity contribution in [3.05, 3.63) is 59.1 Å². The minimum Gasteiger partial charge on any atom is -0.466 e. The molecule has 1 saturated heterocycles. The minimum absolute atomic E-state index is 0.146. The van der Waals surface area contributed by atoms with E-state index in [0.29, 0.717) is 17.2 Å². The number of hydrogen-bond acceptors (Lipinski definition) is 6. The lowest BCUT2D eigenvalue weighted by Crippen LogP contribution is -2.48. The average Bonchev–Trinajstić information content (AvgIpc) is 3.33. The van der Waals surface area contributed by atoms with Gasteiger partial charge in [-0.1, -0.05) is 6.07 Å². The highest BCUT2D eigenvalue weighted by Gasteiger charge is 2.37. The molecule has 0 aliphatic carbocycles. The van der Waals surface area contributed by atoms with Gasteiger partial charge in [0.05, 0.1) is 24.3 Å². The van der Waals surface area contributed by atoms with Crippen molar-refractivity contribution in [3.8, 4) is 0 Å². The molecule has 33 heavy (non-hydrogen) atoms. The highest BCUT2D eigenvalue weighted by Crippen LogP contribution is 2.37. The summed E-state index contributed by atoms with van der Waals surface area (Å²) >= 11 is 5.49. The predicted octanol–water partition coefficient (Wildman–Crippen LogP) is 3.98. The Morgan fingerprint density at radius 3 is 2.48 bits per heavy atom. The molecule has 0 amide bonds. The molecule has 2 aromatic rings. The number of carbonyl (C=O) groups excluding carboxylic acids is 1. The first-order chi connectivity index (χ1) is 15.7. The molecule has 0 bridgehead atoms. The van der Waals surface area contributed by atoms with Crippen molar-refractivity contribution < 1.29 is 22.7 Å². The lowest BCUT2D eigenvalue weighted by molar-refractivity contribution is -0.138. The maximum Gasteiger partial charge on any atom is 0.416 e. The number of hydrogen-bond donors (Lipinski definition) is 1. The Kier molecular flexibility index (Phi) is 6.24. The van der Waals surface area contributed by atoms with Gasteiger partial charge in [0.2, 0.25) is 5.95 Å². The van der Waals surface area contributed by atoms with Crippen LogP contribution < -0.4 is 15.1 Å². The number of methoxy groups -OCH3 is 1. The number of alkyl halides is 3. The highest BCUT2D eigenvalue weighted by atomic mass is 32.1. The van der Waals surface area contributed by atoms with Gasteiger partial charge in [0, 0.05) is 42.4 Å². The molecule has 174 valence electrons. The fourth-order valence-corrected chi connectivity index (χ4v) is 4.42. The molecule has 1 aromatic carbocycles. The van der Waals surface area contributed by atoms with Crippen molar-refractivity contribution in [1.82, 2.24) is 15.3 Å². The van der Waals surface area contributed by atoms with E-state index in [1.54, 1.807) is 19.3 Å². The number of anilines is 2. The number of nitrogens with zero attached hydrogens (tertiary/aromatic N) is 4. The van der Waals surface area contributed by atoms with Gasteiger partial charge in [-0.25, -0.2) is 14.8 Å². The molecule has 0 unspecified atom stereocenters. The number of halogens is 3. The summed E-state index contributed by atoms with van der Waals surface area (Å²) in [5.74, 6) is -0.0198. The number of allylic oxidation sites excluding steroid dienone is 1. The molecular formula is C22H22F3N5O2S. The third-order valence-electron chi connectivity index (χ3n) is 5.70. The Morgan fingerprint density at radius 2 is 1.88 bits per heavy atom. The molecule has 3 heterocycles. The molecule has 11 heteroatoms. The molecule has 1 N–H and O–H groups in total. The Bertz CT molecular complexity index is 1100. The summed E-state index contributed by atoms with van der Waals surface area (Å²) in [4.78, 5) is 25.1. The molecule has 2 aliphatic rings. The van der Waals surface area contributed by atoms with E-state index in [2.05, 4.69) is 20.2 Å². The third kappa shape index (κ3) is 4.50. The number of ether oxygens (including phenoxy) is 1. The second-order valence-electron chi connectivity index (χ2n) is 7.77. The van der Waals surface area contributed by atoms with Crippen LogP contribution in [-0.4, -0.2) is 41.2 Å². The van der Waals surface area contributed by atoms with Crippen molar-refractivity contribution in [1.29, 1.82) is 0 Å². The molecule has 4 rings (SSSR count). The number of benzene rings is 1. The first kappa shape index (κ1) is 23.0. The largest absolute Gasteiger partial charge is 0.466 e. The summed E-state index contributed by atoms with van der Waals surface area (Å²) in [6.45, 7) is 3.40. The van der Waals surface area contributed by atoms with Gasteiger partial charge >= 0.3 is 12.1 Å². The standard InChI is InChI=1S/C22H22F3N5O2S/c1-13-17(19(31)32-2)18(14-11-26-20(27-12-14)29-8-3-4-9-29)28-21(33)30(13)16-7-5-6-15(10-16)22(23,24)25/h5-7,10-12,18H,3-4,8-9H2,1-2H3,(H,28,33)/t18-/m1/s1. The monoisotopic (exact) mass is 477 g/mol. The van der Waals surface area contributed by atoms with Gasteiger partial charge in [-0.05, 0) is 50.2 Å². The molecule has 1 fully saturated rings. The van der Waals surface area contributed by atoms with Gasteiger partial charge in [0.25, 0.3) is 0 Å². The number of rotatable bonds is 4. The van der Waals surface area contributed by atoms with E-state index in [9.17, 15) is 18.0 Å². The normalized spacial score (nSPS) is 19.1. The fourth-order valence-electron chi connectivity index (χ4n) is 4.06. The summed E-state index contributed by atoms with van der Waals surface area (Å²) in [6.07, 6.45) is 0.904. The fraction of sp³-hybridized carbons (Fsp3) is 0.364. The molecule has 7 nitrogen and oxygen atoms in total. The Hall–Kier alpha value is -3.21. The molecule has 1 atom stereocenters. The number of aromatic nitrogens is 2. The topological polar surface area (TPSA) is 70.6 Å². The average molecular weight is 478 g/mol. The second kappa shape index (κ2) is 8.97. The quantitative estimate of drug-likeness (QED) is 0.524. The van der Waals surface area contributed by atoms with Gasteiger partial charge in [0.15, 0.2) is 5.11 Å². The summed E-state index contributed by atoms with van der Waals surface area (Å²) in [5.41, 5.74) is 0.520. The summed E-state index contributed by atoms with van der Waals surface area (Å²) in [7, 11) is 1.24. The van der Waals surface area contributed by atoms with E-state index in [-0.39, 0.29) is 16.4 Å². The second-order valence-corrected chi connectivity index (χ2v) is 8.15. The molecule has 0 saturated carbocycles. The van der Waals surface area contributed by atoms with E-state index >= 15 is 0 Å². The zero-order chi connectivity index (χ0) is 23.8. The van der Waals surface area contributed by atoms with Crippen LogP contribution in [0.1, 0.15) is 36.9 Å². The van der Waals surface area contributed by atoms with Crippen LogP contribution in [0.2, 0.25) is 0 Å². The van der Waals surface area contributed by atoms with Crippen LogP contribution in [0.15, 0.2) is 47.9 Å². The molecule has 0 spiro atoms. The molecule has 0 radical (unpaired) electrons. The summed E-state index contributed by atoms with van der Waals surface area (Å²) in [5, 5.41) is 3.19. The lowest BCUT2D eigenvalue weighted by Gasteiger charge is -2.37. The van der Waals surface area contributed by atoms with Crippen LogP contribution in [-0.2, 0) is 15.7 Å². The highest BCUT2D eigenvalue weighted by molar-refractivity contribution is 7.80. The lowest BCUT2D eigenvalue weighted by atomic mass is 9.96. The Balaban J connectivity index is 1.73. The van der Waals surface area contributed by atoms with Crippen molar-refractivity contribution in [2.45, 2.75) is 32.0 Å². The summed E-state index contributed by atoms with van der Waals surface area (Å²) < 4.78 is 44.7. The van der Waals surface area contributed by atoms with E-state index in [1.807, 2.05) is 0 Å². The van der Waals surface area contributed by atoms with Crippen LogP contribution in [0, 0.1) is 0 Å². The number of carbonyl (C=O) groups is 1. The van der Waals surface area contributed by atoms with Crippen molar-refractivity contribution in [2.75, 3.05) is 30.0 Å². The van der Waals surface area contributed by atoms with Crippen LogP contribution in [0.5, 0.6) is 0 Å². The predicted molar refractivity (Wildman–Crippen MR) is 121 cm³/mol. The summed E-state index contributed by atoms with van der Waals surface area (Å²) in [6, 6.07) is 4.05. The first-order valence-corrected chi connectivity index (χ1v) is 10.8.